The van der Waals surface area contributed by atoms with Gasteiger partial charge < -0.3 is 19.9 Å². The van der Waals surface area contributed by atoms with Crippen LogP contribution >= 0.6 is 0 Å². The highest BCUT2D eigenvalue weighted by Gasteiger charge is 2.47. The van der Waals surface area contributed by atoms with Gasteiger partial charge in [-0.2, -0.15) is 4.39 Å². The molecule has 0 spiro atoms. The first kappa shape index (κ1) is 20.5. The molecule has 7 nitrogen and oxygen atoms in total. The van der Waals surface area contributed by atoms with E-state index in [1.807, 2.05) is 24.3 Å². The molecule has 0 atom stereocenters. The van der Waals surface area contributed by atoms with E-state index in [0.717, 1.165) is 35.1 Å². The summed E-state index contributed by atoms with van der Waals surface area (Å²) in [5.41, 5.74) is 2.82. The normalized spacial score (nSPS) is 16.8. The quantitative estimate of drug-likeness (QED) is 0.554. The summed E-state index contributed by atoms with van der Waals surface area (Å²) >= 11 is 0. The number of carbonyl (C=O) groups is 1. The minimum Gasteiger partial charge on any atom is -0.474 e. The maximum atomic E-state index is 13.0. The van der Waals surface area contributed by atoms with Crippen LogP contribution < -0.4 is 10.1 Å². The standard InChI is InChI=1S/C24H22FN3O4/c25-21-8-5-18(10-26-21)28-23(30)24(13-31-14-24)17-3-1-15(2-4-17)20-11-27-22(9-16(20)12-29)32-19-6-7-19/h1-5,8-11,19,29H,6-7,12-14H2,(H,28,30). The number of benzene rings is 1. The van der Waals surface area contributed by atoms with Crippen molar-refractivity contribution in [1.82, 2.24) is 9.97 Å². The molecular formula is C24H22FN3O4. The average molecular weight is 435 g/mol. The van der Waals surface area contributed by atoms with Gasteiger partial charge in [-0.25, -0.2) is 9.97 Å². The molecule has 1 saturated carbocycles. The van der Waals surface area contributed by atoms with E-state index in [4.69, 9.17) is 9.47 Å². The van der Waals surface area contributed by atoms with E-state index < -0.39 is 11.4 Å². The lowest BCUT2D eigenvalue weighted by molar-refractivity contribution is -0.139. The van der Waals surface area contributed by atoms with E-state index in [0.29, 0.717) is 11.6 Å². The van der Waals surface area contributed by atoms with E-state index in [1.165, 1.54) is 18.3 Å². The van der Waals surface area contributed by atoms with Crippen molar-refractivity contribution in [3.05, 3.63) is 71.9 Å². The molecule has 5 rings (SSSR count). The Bertz CT molecular complexity index is 1130. The zero-order chi connectivity index (χ0) is 22.1. The number of amides is 1. The maximum Gasteiger partial charge on any atom is 0.239 e. The molecule has 0 unspecified atom stereocenters. The van der Waals surface area contributed by atoms with Gasteiger partial charge in [0.15, 0.2) is 0 Å². The number of pyridine rings is 2. The summed E-state index contributed by atoms with van der Waals surface area (Å²) in [6.07, 6.45) is 5.29. The first-order chi connectivity index (χ1) is 15.6. The van der Waals surface area contributed by atoms with Crippen LogP contribution in [0.2, 0.25) is 0 Å². The Morgan fingerprint density at radius 3 is 2.53 bits per heavy atom. The second-order valence-electron chi connectivity index (χ2n) is 8.13. The predicted molar refractivity (Wildman–Crippen MR) is 115 cm³/mol. The number of aliphatic hydroxyl groups excluding tert-OH is 1. The third-order valence-corrected chi connectivity index (χ3v) is 5.81. The number of ether oxygens (including phenoxy) is 2. The number of nitrogens with zero attached hydrogens (tertiary/aromatic N) is 2. The molecule has 1 aromatic carbocycles. The van der Waals surface area contributed by atoms with E-state index in [2.05, 4.69) is 15.3 Å². The summed E-state index contributed by atoms with van der Waals surface area (Å²) in [7, 11) is 0. The molecule has 164 valence electrons. The van der Waals surface area contributed by atoms with Crippen molar-refractivity contribution in [3.8, 4) is 17.0 Å². The number of aromatic nitrogens is 2. The third kappa shape index (κ3) is 3.94. The lowest BCUT2D eigenvalue weighted by Crippen LogP contribution is -2.55. The molecule has 1 amide bonds. The molecule has 1 saturated heterocycles. The fourth-order valence-electron chi connectivity index (χ4n) is 3.69. The molecule has 2 aliphatic rings. The Balaban J connectivity index is 1.37. The minimum absolute atomic E-state index is 0.132. The van der Waals surface area contributed by atoms with Gasteiger partial charge in [-0.3, -0.25) is 4.79 Å². The highest BCUT2D eigenvalue weighted by Crippen LogP contribution is 2.36. The molecule has 2 N–H and O–H groups in total. The van der Waals surface area contributed by atoms with Gasteiger partial charge in [0.05, 0.1) is 31.7 Å². The Labute approximate surface area is 184 Å². The van der Waals surface area contributed by atoms with Crippen molar-refractivity contribution in [2.75, 3.05) is 18.5 Å². The highest BCUT2D eigenvalue weighted by atomic mass is 19.1. The van der Waals surface area contributed by atoms with Crippen LogP contribution in [0.15, 0.2) is 54.9 Å². The molecular weight excluding hydrogens is 413 g/mol. The second-order valence-corrected chi connectivity index (χ2v) is 8.13. The fraction of sp³-hybridized carbons (Fsp3) is 0.292. The monoisotopic (exact) mass is 435 g/mol. The molecule has 8 heteroatoms. The van der Waals surface area contributed by atoms with Gasteiger partial charge in [0.1, 0.15) is 11.5 Å². The van der Waals surface area contributed by atoms with Crippen molar-refractivity contribution >= 4 is 11.6 Å². The van der Waals surface area contributed by atoms with Gasteiger partial charge in [0.2, 0.25) is 17.7 Å². The van der Waals surface area contributed by atoms with Crippen molar-refractivity contribution < 1.29 is 23.8 Å². The van der Waals surface area contributed by atoms with Crippen LogP contribution in [0.3, 0.4) is 0 Å². The van der Waals surface area contributed by atoms with Gasteiger partial charge in [-0.05, 0) is 41.7 Å². The molecule has 3 heterocycles. The summed E-state index contributed by atoms with van der Waals surface area (Å²) in [6, 6.07) is 12.0. The summed E-state index contributed by atoms with van der Waals surface area (Å²) in [5, 5.41) is 12.6. The van der Waals surface area contributed by atoms with Crippen LogP contribution in [0.5, 0.6) is 5.88 Å². The van der Waals surface area contributed by atoms with Gasteiger partial charge >= 0.3 is 0 Å². The van der Waals surface area contributed by atoms with E-state index in [-0.39, 0.29) is 31.8 Å². The minimum atomic E-state index is -0.826. The van der Waals surface area contributed by atoms with Crippen LogP contribution in [-0.2, 0) is 21.6 Å². The van der Waals surface area contributed by atoms with Crippen molar-refractivity contribution in [2.45, 2.75) is 31.0 Å². The molecule has 32 heavy (non-hydrogen) atoms. The maximum absolute atomic E-state index is 13.0. The summed E-state index contributed by atoms with van der Waals surface area (Å²) in [5.74, 6) is -0.317. The number of nitrogens with one attached hydrogen (secondary N) is 1. The lowest BCUT2D eigenvalue weighted by atomic mass is 9.77. The van der Waals surface area contributed by atoms with Crippen LogP contribution in [-0.4, -0.2) is 40.3 Å². The summed E-state index contributed by atoms with van der Waals surface area (Å²) < 4.78 is 24.1. The van der Waals surface area contributed by atoms with Gasteiger partial charge in [-0.15, -0.1) is 0 Å². The molecule has 0 bridgehead atoms. The Morgan fingerprint density at radius 1 is 1.16 bits per heavy atom. The number of aliphatic hydroxyl groups is 1. The number of halogens is 1. The SMILES string of the molecule is O=C(Nc1ccc(F)nc1)C1(c2ccc(-c3cnc(OC4CC4)cc3CO)cc2)COC1. The van der Waals surface area contributed by atoms with Crippen LogP contribution in [0.25, 0.3) is 11.1 Å². The smallest absolute Gasteiger partial charge is 0.239 e. The number of rotatable bonds is 7. The van der Waals surface area contributed by atoms with Gasteiger partial charge in [0.25, 0.3) is 0 Å². The number of hydrogen-bond acceptors (Lipinski definition) is 6. The fourth-order valence-corrected chi connectivity index (χ4v) is 3.69. The molecule has 1 aliphatic heterocycles. The molecule has 0 radical (unpaired) electrons. The number of hydrogen-bond donors (Lipinski definition) is 2. The molecule has 1 aliphatic carbocycles. The van der Waals surface area contributed by atoms with Crippen molar-refractivity contribution in [2.24, 2.45) is 0 Å². The number of carbonyl (C=O) groups excluding carboxylic acids is 1. The average Bonchev–Trinajstić information content (AvgIpc) is 3.59. The van der Waals surface area contributed by atoms with Gasteiger partial charge in [-0.1, -0.05) is 24.3 Å². The molecule has 3 aromatic rings. The number of anilines is 1. The zero-order valence-corrected chi connectivity index (χ0v) is 17.3. The van der Waals surface area contributed by atoms with E-state index in [1.54, 1.807) is 12.3 Å². The second kappa shape index (κ2) is 8.29. The molecule has 2 aromatic heterocycles. The molecule has 2 fully saturated rings. The summed E-state index contributed by atoms with van der Waals surface area (Å²) in [4.78, 5) is 21.0. The van der Waals surface area contributed by atoms with E-state index >= 15 is 0 Å². The summed E-state index contributed by atoms with van der Waals surface area (Å²) in [6.45, 7) is 0.374. The first-order valence-electron chi connectivity index (χ1n) is 10.5. The topological polar surface area (TPSA) is 93.6 Å². The van der Waals surface area contributed by atoms with Crippen molar-refractivity contribution in [1.29, 1.82) is 0 Å². The van der Waals surface area contributed by atoms with Crippen LogP contribution in [0.1, 0.15) is 24.0 Å². The highest BCUT2D eigenvalue weighted by molar-refractivity contribution is 6.00. The lowest BCUT2D eigenvalue weighted by Gasteiger charge is -2.40. The zero-order valence-electron chi connectivity index (χ0n) is 17.3. The first-order valence-corrected chi connectivity index (χ1v) is 10.5. The van der Waals surface area contributed by atoms with Crippen LogP contribution in [0.4, 0.5) is 10.1 Å². The largest absolute Gasteiger partial charge is 0.474 e. The van der Waals surface area contributed by atoms with Gasteiger partial charge in [0, 0.05) is 17.8 Å². The predicted octanol–water partition coefficient (Wildman–Crippen LogP) is 3.22. The Hall–Kier alpha value is -3.36. The third-order valence-electron chi connectivity index (χ3n) is 5.81. The van der Waals surface area contributed by atoms with E-state index in [9.17, 15) is 14.3 Å². The van der Waals surface area contributed by atoms with Crippen molar-refractivity contribution in [3.63, 3.8) is 0 Å². The Kier molecular flexibility index (Phi) is 5.32. The Morgan fingerprint density at radius 2 is 1.94 bits per heavy atom. The van der Waals surface area contributed by atoms with Crippen LogP contribution in [0, 0.1) is 5.95 Å².